The molecule has 188 valence electrons. The van der Waals surface area contributed by atoms with E-state index in [2.05, 4.69) is 39.7 Å². The zero-order valence-electron chi connectivity index (χ0n) is 21.2. The van der Waals surface area contributed by atoms with Gasteiger partial charge in [-0.3, -0.25) is 4.79 Å². The molecule has 1 saturated heterocycles. The number of piperidine rings is 1. The van der Waals surface area contributed by atoms with Crippen LogP contribution >= 0.6 is 0 Å². The summed E-state index contributed by atoms with van der Waals surface area (Å²) in [6, 6.07) is 15.8. The SMILES string of the molecule is C[C@H](Nc1ncnc2ccc(NC(=O)C=C3CCN(C(=O)OC(C)(C)C)CC3)cc12)c1ccccc1. The van der Waals surface area contributed by atoms with Gasteiger partial charge in [-0.05, 0) is 64.3 Å². The molecular weight excluding hydrogens is 454 g/mol. The number of hydrogen-bond acceptors (Lipinski definition) is 6. The number of aromatic nitrogens is 2. The smallest absolute Gasteiger partial charge is 0.410 e. The first-order chi connectivity index (χ1) is 17.2. The van der Waals surface area contributed by atoms with Crippen molar-refractivity contribution >= 4 is 34.4 Å². The molecule has 36 heavy (non-hydrogen) atoms. The molecule has 0 radical (unpaired) electrons. The number of anilines is 2. The Balaban J connectivity index is 1.41. The second-order valence-electron chi connectivity index (χ2n) is 9.99. The van der Waals surface area contributed by atoms with Crippen LogP contribution in [0.1, 0.15) is 52.1 Å². The van der Waals surface area contributed by atoms with Gasteiger partial charge in [0.05, 0.1) is 5.52 Å². The molecule has 2 N–H and O–H groups in total. The predicted octanol–water partition coefficient (Wildman–Crippen LogP) is 5.70. The molecule has 1 aliphatic rings. The Morgan fingerprint density at radius 3 is 2.47 bits per heavy atom. The third-order valence-corrected chi connectivity index (χ3v) is 5.95. The molecule has 0 spiro atoms. The van der Waals surface area contributed by atoms with E-state index in [0.717, 1.165) is 22.0 Å². The summed E-state index contributed by atoms with van der Waals surface area (Å²) in [7, 11) is 0. The Kier molecular flexibility index (Phi) is 7.52. The largest absolute Gasteiger partial charge is 0.444 e. The van der Waals surface area contributed by atoms with E-state index < -0.39 is 5.60 Å². The molecule has 3 aromatic rings. The summed E-state index contributed by atoms with van der Waals surface area (Å²) in [6.07, 6.45) is 4.15. The Bertz CT molecular complexity index is 1260. The van der Waals surface area contributed by atoms with E-state index in [1.165, 1.54) is 6.33 Å². The molecular formula is C28H33N5O3. The van der Waals surface area contributed by atoms with Gasteiger partial charge in [0.15, 0.2) is 0 Å². The van der Waals surface area contributed by atoms with Crippen LogP contribution in [0.3, 0.4) is 0 Å². The van der Waals surface area contributed by atoms with Crippen molar-refractivity contribution in [2.24, 2.45) is 0 Å². The third-order valence-electron chi connectivity index (χ3n) is 5.95. The fraction of sp³-hybridized carbons (Fsp3) is 0.357. The fourth-order valence-corrected chi connectivity index (χ4v) is 4.09. The van der Waals surface area contributed by atoms with Gasteiger partial charge in [0.2, 0.25) is 5.91 Å². The normalized spacial score (nSPS) is 14.8. The van der Waals surface area contributed by atoms with Gasteiger partial charge in [0.1, 0.15) is 17.7 Å². The molecule has 8 heteroatoms. The topological polar surface area (TPSA) is 96.5 Å². The maximum atomic E-state index is 12.7. The highest BCUT2D eigenvalue weighted by Gasteiger charge is 2.24. The lowest BCUT2D eigenvalue weighted by atomic mass is 10.0. The van der Waals surface area contributed by atoms with E-state index in [1.54, 1.807) is 11.0 Å². The van der Waals surface area contributed by atoms with Crippen molar-refractivity contribution < 1.29 is 14.3 Å². The van der Waals surface area contributed by atoms with Crippen molar-refractivity contribution in [1.82, 2.24) is 14.9 Å². The summed E-state index contributed by atoms with van der Waals surface area (Å²) in [5.41, 5.74) is 3.10. The van der Waals surface area contributed by atoms with Crippen LogP contribution in [0.4, 0.5) is 16.3 Å². The minimum Gasteiger partial charge on any atom is -0.444 e. The van der Waals surface area contributed by atoms with Crippen LogP contribution in [-0.2, 0) is 9.53 Å². The molecule has 0 aliphatic carbocycles. The lowest BCUT2D eigenvalue weighted by molar-refractivity contribution is -0.112. The number of nitrogens with zero attached hydrogens (tertiary/aromatic N) is 3. The Morgan fingerprint density at radius 2 is 1.78 bits per heavy atom. The first-order valence-electron chi connectivity index (χ1n) is 12.2. The van der Waals surface area contributed by atoms with Crippen molar-refractivity contribution in [3.8, 4) is 0 Å². The molecule has 0 unspecified atom stereocenters. The summed E-state index contributed by atoms with van der Waals surface area (Å²) in [5.74, 6) is 0.513. The molecule has 1 atom stereocenters. The van der Waals surface area contributed by atoms with Crippen molar-refractivity contribution in [2.45, 2.75) is 52.2 Å². The van der Waals surface area contributed by atoms with E-state index >= 15 is 0 Å². The maximum absolute atomic E-state index is 12.7. The molecule has 1 aromatic heterocycles. The summed E-state index contributed by atoms with van der Waals surface area (Å²) < 4.78 is 5.44. The summed E-state index contributed by atoms with van der Waals surface area (Å²) >= 11 is 0. The van der Waals surface area contributed by atoms with Gasteiger partial charge in [0, 0.05) is 36.3 Å². The molecule has 8 nitrogen and oxygen atoms in total. The minimum absolute atomic E-state index is 0.0545. The van der Waals surface area contributed by atoms with Crippen LogP contribution in [-0.4, -0.2) is 45.6 Å². The van der Waals surface area contributed by atoms with Crippen molar-refractivity contribution in [1.29, 1.82) is 0 Å². The molecule has 2 heterocycles. The summed E-state index contributed by atoms with van der Waals surface area (Å²) in [5, 5.41) is 7.24. The van der Waals surface area contributed by atoms with Crippen molar-refractivity contribution in [3.63, 3.8) is 0 Å². The number of carbonyl (C=O) groups excluding carboxylic acids is 2. The number of benzene rings is 2. The highest BCUT2D eigenvalue weighted by Crippen LogP contribution is 2.27. The predicted molar refractivity (Wildman–Crippen MR) is 142 cm³/mol. The van der Waals surface area contributed by atoms with Gasteiger partial charge >= 0.3 is 6.09 Å². The number of carbonyl (C=O) groups is 2. The number of likely N-dealkylation sites (tertiary alicyclic amines) is 1. The number of ether oxygens (including phenoxy) is 1. The lowest BCUT2D eigenvalue weighted by Gasteiger charge is -2.30. The van der Waals surface area contributed by atoms with E-state index in [1.807, 2.05) is 57.2 Å². The van der Waals surface area contributed by atoms with Crippen molar-refractivity contribution in [3.05, 3.63) is 72.1 Å². The first kappa shape index (κ1) is 25.2. The average molecular weight is 488 g/mol. The van der Waals surface area contributed by atoms with Gasteiger partial charge in [0.25, 0.3) is 0 Å². The van der Waals surface area contributed by atoms with Crippen LogP contribution in [0.15, 0.2) is 66.5 Å². The van der Waals surface area contributed by atoms with E-state index in [9.17, 15) is 9.59 Å². The third kappa shape index (κ3) is 6.59. The van der Waals surface area contributed by atoms with Crippen LogP contribution in [0, 0.1) is 0 Å². The van der Waals surface area contributed by atoms with Crippen LogP contribution in [0.25, 0.3) is 10.9 Å². The Labute approximate surface area is 211 Å². The van der Waals surface area contributed by atoms with Crippen LogP contribution < -0.4 is 10.6 Å². The molecule has 4 rings (SSSR count). The van der Waals surface area contributed by atoms with Gasteiger partial charge in [-0.1, -0.05) is 35.9 Å². The summed E-state index contributed by atoms with van der Waals surface area (Å²) in [4.78, 5) is 35.5. The second-order valence-corrected chi connectivity index (χ2v) is 9.99. The van der Waals surface area contributed by atoms with Gasteiger partial charge < -0.3 is 20.3 Å². The Morgan fingerprint density at radius 1 is 1.06 bits per heavy atom. The summed E-state index contributed by atoms with van der Waals surface area (Å²) in [6.45, 7) is 8.71. The maximum Gasteiger partial charge on any atom is 0.410 e. The molecule has 0 saturated carbocycles. The monoisotopic (exact) mass is 487 g/mol. The zero-order valence-corrected chi connectivity index (χ0v) is 21.2. The molecule has 1 aliphatic heterocycles. The molecule has 0 bridgehead atoms. The van der Waals surface area contributed by atoms with E-state index in [4.69, 9.17) is 4.74 Å². The second kappa shape index (κ2) is 10.8. The van der Waals surface area contributed by atoms with Crippen LogP contribution in [0.5, 0.6) is 0 Å². The highest BCUT2D eigenvalue weighted by atomic mass is 16.6. The van der Waals surface area contributed by atoms with E-state index in [0.29, 0.717) is 37.4 Å². The van der Waals surface area contributed by atoms with E-state index in [-0.39, 0.29) is 18.0 Å². The zero-order chi connectivity index (χ0) is 25.7. The first-order valence-corrected chi connectivity index (χ1v) is 12.2. The van der Waals surface area contributed by atoms with Gasteiger partial charge in [-0.2, -0.15) is 0 Å². The number of hydrogen-bond donors (Lipinski definition) is 2. The van der Waals surface area contributed by atoms with Crippen LogP contribution in [0.2, 0.25) is 0 Å². The fourth-order valence-electron chi connectivity index (χ4n) is 4.09. The quantitative estimate of drug-likeness (QED) is 0.448. The minimum atomic E-state index is -0.521. The number of amides is 2. The van der Waals surface area contributed by atoms with Gasteiger partial charge in [-0.15, -0.1) is 0 Å². The standard InChI is InChI=1S/C28H33N5O3/c1-19(21-8-6-5-7-9-21)31-26-23-17-22(10-11-24(23)29-18-30-26)32-25(34)16-20-12-14-33(15-13-20)27(35)36-28(2,3)4/h5-11,16-19H,12-15H2,1-4H3,(H,32,34)(H,29,30,31)/t19-/m0/s1. The number of fused-ring (bicyclic) bond motifs is 1. The average Bonchev–Trinajstić information content (AvgIpc) is 2.84. The molecule has 2 amide bonds. The van der Waals surface area contributed by atoms with Gasteiger partial charge in [-0.25, -0.2) is 14.8 Å². The van der Waals surface area contributed by atoms with Crippen molar-refractivity contribution in [2.75, 3.05) is 23.7 Å². The Hall–Kier alpha value is -3.94. The number of nitrogens with one attached hydrogen (secondary N) is 2. The molecule has 1 fully saturated rings. The molecule has 2 aromatic carbocycles. The lowest BCUT2D eigenvalue weighted by Crippen LogP contribution is -2.40. The highest BCUT2D eigenvalue weighted by molar-refractivity contribution is 6.02. The number of rotatable bonds is 5.